The zero-order chi connectivity index (χ0) is 12.7. The van der Waals surface area contributed by atoms with Crippen molar-refractivity contribution in [1.29, 1.82) is 0 Å². The van der Waals surface area contributed by atoms with Crippen LogP contribution in [0.1, 0.15) is 31.2 Å². The minimum atomic E-state index is 0.405. The van der Waals surface area contributed by atoms with Crippen molar-refractivity contribution in [1.82, 2.24) is 4.98 Å². The Labute approximate surface area is 112 Å². The van der Waals surface area contributed by atoms with E-state index in [-0.39, 0.29) is 0 Å². The summed E-state index contributed by atoms with van der Waals surface area (Å²) in [7, 11) is 0. The van der Waals surface area contributed by atoms with Crippen molar-refractivity contribution in [3.05, 3.63) is 36.0 Å². The van der Waals surface area contributed by atoms with E-state index in [0.717, 1.165) is 5.71 Å². The summed E-state index contributed by atoms with van der Waals surface area (Å²) < 4.78 is 0. The second-order valence-corrected chi connectivity index (χ2v) is 5.46. The van der Waals surface area contributed by atoms with Crippen LogP contribution >= 0.6 is 0 Å². The summed E-state index contributed by atoms with van der Waals surface area (Å²) in [6.07, 6.45) is 9.01. The molecule has 3 heteroatoms. The lowest BCUT2D eigenvalue weighted by atomic mass is 9.90. The van der Waals surface area contributed by atoms with Crippen LogP contribution in [0.4, 0.5) is 0 Å². The first-order valence-electron chi connectivity index (χ1n) is 7.09. The molecule has 0 bridgehead atoms. The van der Waals surface area contributed by atoms with Gasteiger partial charge in [0.05, 0.1) is 17.8 Å². The molecular formula is C16H17N3. The summed E-state index contributed by atoms with van der Waals surface area (Å²) in [6, 6.07) is 9.21. The Bertz CT molecular complexity index is 665. The van der Waals surface area contributed by atoms with Gasteiger partial charge in [0.2, 0.25) is 0 Å². The maximum atomic E-state index is 4.94. The van der Waals surface area contributed by atoms with E-state index in [1.165, 1.54) is 42.1 Å². The Hall–Kier alpha value is -1.90. The first-order valence-corrected chi connectivity index (χ1v) is 7.09. The van der Waals surface area contributed by atoms with E-state index in [1.807, 2.05) is 6.21 Å². The van der Waals surface area contributed by atoms with Gasteiger partial charge in [-0.05, 0) is 18.9 Å². The molecule has 0 unspecified atom stereocenters. The molecule has 1 fully saturated rings. The Morgan fingerprint density at radius 2 is 1.89 bits per heavy atom. The zero-order valence-electron chi connectivity index (χ0n) is 10.8. The van der Waals surface area contributed by atoms with E-state index in [4.69, 9.17) is 9.98 Å². The minimum Gasteiger partial charge on any atom is -0.360 e. The molecule has 2 aliphatic rings. The maximum absolute atomic E-state index is 4.94. The Kier molecular flexibility index (Phi) is 2.50. The van der Waals surface area contributed by atoms with Crippen molar-refractivity contribution in [3.8, 4) is 0 Å². The number of fused-ring (bicyclic) bond motifs is 2. The SMILES string of the molecule is C1=N[C@@H]2CCCC[C@H]2N=C1c1c[nH]c2ccccc12. The molecule has 1 aliphatic heterocycles. The predicted molar refractivity (Wildman–Crippen MR) is 79.4 cm³/mol. The number of hydrogen-bond donors (Lipinski definition) is 1. The molecule has 2 aromatic rings. The third-order valence-corrected chi connectivity index (χ3v) is 4.25. The monoisotopic (exact) mass is 251 g/mol. The summed E-state index contributed by atoms with van der Waals surface area (Å²) in [4.78, 5) is 13.0. The second-order valence-electron chi connectivity index (χ2n) is 5.46. The van der Waals surface area contributed by atoms with E-state index in [2.05, 4.69) is 35.4 Å². The molecule has 0 saturated heterocycles. The summed E-state index contributed by atoms with van der Waals surface area (Å²) >= 11 is 0. The number of nitrogens with zero attached hydrogens (tertiary/aromatic N) is 2. The fourth-order valence-electron chi connectivity index (χ4n) is 3.22. The molecular weight excluding hydrogens is 234 g/mol. The lowest BCUT2D eigenvalue weighted by Gasteiger charge is -2.28. The zero-order valence-corrected chi connectivity index (χ0v) is 10.8. The van der Waals surface area contributed by atoms with E-state index < -0.39 is 0 Å². The van der Waals surface area contributed by atoms with Crippen LogP contribution in [0.5, 0.6) is 0 Å². The van der Waals surface area contributed by atoms with Crippen LogP contribution < -0.4 is 0 Å². The molecule has 3 nitrogen and oxygen atoms in total. The van der Waals surface area contributed by atoms with Crippen LogP contribution in [0.15, 0.2) is 40.4 Å². The average molecular weight is 251 g/mol. The molecule has 1 aromatic heterocycles. The molecule has 1 aliphatic carbocycles. The highest BCUT2D eigenvalue weighted by Crippen LogP contribution is 2.27. The number of para-hydroxylation sites is 1. The molecule has 2 heterocycles. The number of nitrogens with one attached hydrogen (secondary N) is 1. The number of H-pyrrole nitrogens is 1. The third-order valence-electron chi connectivity index (χ3n) is 4.25. The Balaban J connectivity index is 1.76. The van der Waals surface area contributed by atoms with Gasteiger partial charge in [-0.1, -0.05) is 31.0 Å². The Morgan fingerprint density at radius 1 is 1.05 bits per heavy atom. The van der Waals surface area contributed by atoms with Gasteiger partial charge in [-0.2, -0.15) is 0 Å². The van der Waals surface area contributed by atoms with E-state index in [0.29, 0.717) is 12.1 Å². The predicted octanol–water partition coefficient (Wildman–Crippen LogP) is 3.35. The molecule has 0 spiro atoms. The summed E-state index contributed by atoms with van der Waals surface area (Å²) in [6.45, 7) is 0. The molecule has 96 valence electrons. The van der Waals surface area contributed by atoms with Gasteiger partial charge in [-0.15, -0.1) is 0 Å². The molecule has 4 rings (SSSR count). The number of rotatable bonds is 1. The Morgan fingerprint density at radius 3 is 2.84 bits per heavy atom. The van der Waals surface area contributed by atoms with Gasteiger partial charge in [0.25, 0.3) is 0 Å². The van der Waals surface area contributed by atoms with E-state index >= 15 is 0 Å². The molecule has 0 radical (unpaired) electrons. The molecule has 0 amide bonds. The minimum absolute atomic E-state index is 0.405. The topological polar surface area (TPSA) is 40.5 Å². The van der Waals surface area contributed by atoms with Crippen LogP contribution in [0, 0.1) is 0 Å². The smallest absolute Gasteiger partial charge is 0.0850 e. The van der Waals surface area contributed by atoms with Gasteiger partial charge in [0, 0.05) is 28.9 Å². The number of hydrogen-bond acceptors (Lipinski definition) is 2. The largest absolute Gasteiger partial charge is 0.360 e. The third kappa shape index (κ3) is 1.81. The molecule has 2 atom stereocenters. The quantitative estimate of drug-likeness (QED) is 0.807. The van der Waals surface area contributed by atoms with Crippen molar-refractivity contribution in [2.24, 2.45) is 9.98 Å². The lowest BCUT2D eigenvalue weighted by molar-refractivity contribution is 0.387. The van der Waals surface area contributed by atoms with E-state index in [1.54, 1.807) is 0 Å². The van der Waals surface area contributed by atoms with Crippen LogP contribution in [0.3, 0.4) is 0 Å². The standard InChI is InChI=1S/C16H17N3/c1-2-6-13-11(5-1)12(9-17-13)16-10-18-14-7-3-4-8-15(14)19-16/h1-2,5-6,9-10,14-15,17H,3-4,7-8H2/t14-,15-/m1/s1. The highest BCUT2D eigenvalue weighted by Gasteiger charge is 2.27. The highest BCUT2D eigenvalue weighted by atomic mass is 15.0. The summed E-state index contributed by atoms with van der Waals surface area (Å²) in [5, 5.41) is 1.24. The van der Waals surface area contributed by atoms with Crippen LogP contribution in [-0.2, 0) is 0 Å². The second kappa shape index (κ2) is 4.34. The number of aromatic amines is 1. The summed E-state index contributed by atoms with van der Waals surface area (Å²) in [5.74, 6) is 0. The number of aromatic nitrogens is 1. The fraction of sp³-hybridized carbons (Fsp3) is 0.375. The maximum Gasteiger partial charge on any atom is 0.0850 e. The van der Waals surface area contributed by atoms with Gasteiger partial charge in [-0.3, -0.25) is 9.98 Å². The number of aliphatic imine (C=N–C) groups is 2. The lowest BCUT2D eigenvalue weighted by Crippen LogP contribution is -2.32. The normalized spacial score (nSPS) is 26.2. The van der Waals surface area contributed by atoms with Crippen molar-refractivity contribution < 1.29 is 0 Å². The van der Waals surface area contributed by atoms with Crippen molar-refractivity contribution >= 4 is 22.8 Å². The van der Waals surface area contributed by atoms with Crippen molar-refractivity contribution in [3.63, 3.8) is 0 Å². The average Bonchev–Trinajstić information content (AvgIpc) is 2.91. The van der Waals surface area contributed by atoms with E-state index in [9.17, 15) is 0 Å². The van der Waals surface area contributed by atoms with Gasteiger partial charge in [-0.25, -0.2) is 0 Å². The molecule has 1 N–H and O–H groups in total. The fourth-order valence-corrected chi connectivity index (χ4v) is 3.22. The van der Waals surface area contributed by atoms with Crippen LogP contribution in [0.25, 0.3) is 10.9 Å². The molecule has 19 heavy (non-hydrogen) atoms. The first-order chi connectivity index (χ1) is 9.42. The van der Waals surface area contributed by atoms with Crippen LogP contribution in [-0.4, -0.2) is 29.0 Å². The van der Waals surface area contributed by atoms with Gasteiger partial charge in [0.15, 0.2) is 0 Å². The van der Waals surface area contributed by atoms with Crippen LogP contribution in [0.2, 0.25) is 0 Å². The molecule has 1 aromatic carbocycles. The van der Waals surface area contributed by atoms with Crippen molar-refractivity contribution in [2.45, 2.75) is 37.8 Å². The van der Waals surface area contributed by atoms with Crippen molar-refractivity contribution in [2.75, 3.05) is 0 Å². The molecule has 1 saturated carbocycles. The summed E-state index contributed by atoms with van der Waals surface area (Å²) in [5.41, 5.74) is 3.39. The highest BCUT2D eigenvalue weighted by molar-refractivity contribution is 6.41. The first kappa shape index (κ1) is 11.0. The van der Waals surface area contributed by atoms with Gasteiger partial charge in [0.1, 0.15) is 0 Å². The number of benzene rings is 1. The van der Waals surface area contributed by atoms with Gasteiger partial charge < -0.3 is 4.98 Å². The van der Waals surface area contributed by atoms with Gasteiger partial charge >= 0.3 is 0 Å².